The number of hydrogen-bond donors (Lipinski definition) is 0. The molecule has 0 spiro atoms. The summed E-state index contributed by atoms with van der Waals surface area (Å²) >= 11 is 1.96. The van der Waals surface area contributed by atoms with Crippen molar-refractivity contribution in [2.45, 2.75) is 65.2 Å². The highest BCUT2D eigenvalue weighted by molar-refractivity contribution is 8.01. The Labute approximate surface area is 88.9 Å². The molecule has 0 aromatic heterocycles. The van der Waals surface area contributed by atoms with Crippen molar-refractivity contribution in [3.05, 3.63) is 5.75 Å². The van der Waals surface area contributed by atoms with E-state index in [1.54, 1.807) is 0 Å². The zero-order valence-electron chi connectivity index (χ0n) is 9.35. The molecule has 0 saturated heterocycles. The molecular formula is C12H25S. The Bertz CT molecular complexity index is 71.2. The minimum atomic E-state index is 1.32. The zero-order valence-corrected chi connectivity index (χ0v) is 10.2. The Kier molecular flexibility index (Phi) is 12.7. The highest BCUT2D eigenvalue weighted by Crippen LogP contribution is 2.11. The van der Waals surface area contributed by atoms with Crippen molar-refractivity contribution in [3.63, 3.8) is 0 Å². The van der Waals surface area contributed by atoms with E-state index >= 15 is 0 Å². The van der Waals surface area contributed by atoms with Gasteiger partial charge in [-0.3, -0.25) is 0 Å². The molecule has 0 nitrogen and oxygen atoms in total. The standard InChI is InChI=1S/C12H25S/c1-3-5-6-7-8-9-10-11-12-13-4-2/h4H,3,5-12H2,1-2H3. The summed E-state index contributed by atoms with van der Waals surface area (Å²) in [5.74, 6) is 3.52. The van der Waals surface area contributed by atoms with Gasteiger partial charge in [0.05, 0.1) is 0 Å². The number of thioether (sulfide) groups is 1. The fraction of sp³-hybridized carbons (Fsp3) is 0.917. The zero-order chi connectivity index (χ0) is 9.78. The van der Waals surface area contributed by atoms with Gasteiger partial charge in [-0.1, -0.05) is 58.8 Å². The third-order valence-corrected chi connectivity index (χ3v) is 3.14. The van der Waals surface area contributed by atoms with Crippen molar-refractivity contribution >= 4 is 11.8 Å². The minimum absolute atomic E-state index is 1.32. The molecule has 0 saturated carbocycles. The second-order valence-corrected chi connectivity index (χ2v) is 4.79. The van der Waals surface area contributed by atoms with Gasteiger partial charge < -0.3 is 0 Å². The summed E-state index contributed by atoms with van der Waals surface area (Å²) < 4.78 is 0. The first-order valence-corrected chi connectivity index (χ1v) is 6.86. The van der Waals surface area contributed by atoms with E-state index in [9.17, 15) is 0 Å². The van der Waals surface area contributed by atoms with Crippen LogP contribution < -0.4 is 0 Å². The van der Waals surface area contributed by atoms with Crippen LogP contribution >= 0.6 is 11.8 Å². The third-order valence-electron chi connectivity index (χ3n) is 2.28. The molecule has 0 fully saturated rings. The van der Waals surface area contributed by atoms with Crippen molar-refractivity contribution in [3.8, 4) is 0 Å². The van der Waals surface area contributed by atoms with E-state index < -0.39 is 0 Å². The Morgan fingerprint density at radius 1 is 0.846 bits per heavy atom. The molecule has 0 aromatic rings. The lowest BCUT2D eigenvalue weighted by molar-refractivity contribution is 0.586. The molecule has 0 unspecified atom stereocenters. The number of hydrogen-bond acceptors (Lipinski definition) is 1. The summed E-state index contributed by atoms with van der Waals surface area (Å²) in [4.78, 5) is 0. The fourth-order valence-electron chi connectivity index (χ4n) is 1.44. The predicted octanol–water partition coefficient (Wildman–Crippen LogP) is 5.04. The highest BCUT2D eigenvalue weighted by Gasteiger charge is 1.91. The van der Waals surface area contributed by atoms with Gasteiger partial charge in [0.15, 0.2) is 0 Å². The molecule has 1 heteroatoms. The van der Waals surface area contributed by atoms with Gasteiger partial charge in [-0.15, -0.1) is 0 Å². The molecule has 0 bridgehead atoms. The van der Waals surface area contributed by atoms with Gasteiger partial charge in [0.1, 0.15) is 0 Å². The monoisotopic (exact) mass is 201 g/mol. The van der Waals surface area contributed by atoms with Crippen molar-refractivity contribution in [1.82, 2.24) is 0 Å². The Morgan fingerprint density at radius 2 is 1.38 bits per heavy atom. The van der Waals surface area contributed by atoms with Gasteiger partial charge in [0.25, 0.3) is 0 Å². The highest BCUT2D eigenvalue weighted by atomic mass is 32.2. The molecule has 0 aliphatic carbocycles. The largest absolute Gasteiger partial charge is 0.158 e. The number of rotatable bonds is 10. The molecule has 0 N–H and O–H groups in total. The average Bonchev–Trinajstić information content (AvgIpc) is 2.16. The van der Waals surface area contributed by atoms with Crippen LogP contribution in [-0.4, -0.2) is 5.75 Å². The van der Waals surface area contributed by atoms with E-state index in [0.717, 1.165) is 0 Å². The second kappa shape index (κ2) is 12.3. The summed E-state index contributed by atoms with van der Waals surface area (Å²) in [6.45, 7) is 4.40. The van der Waals surface area contributed by atoms with Gasteiger partial charge in [0.2, 0.25) is 0 Å². The van der Waals surface area contributed by atoms with Crippen molar-refractivity contribution < 1.29 is 0 Å². The maximum absolute atomic E-state index is 2.28. The van der Waals surface area contributed by atoms with Crippen LogP contribution in [-0.2, 0) is 0 Å². The third kappa shape index (κ3) is 12.4. The predicted molar refractivity (Wildman–Crippen MR) is 65.0 cm³/mol. The quantitative estimate of drug-likeness (QED) is 0.446. The Hall–Kier alpha value is 0.350. The minimum Gasteiger partial charge on any atom is -0.158 e. The molecular weight excluding hydrogens is 176 g/mol. The second-order valence-electron chi connectivity index (χ2n) is 3.58. The summed E-state index contributed by atoms with van der Waals surface area (Å²) in [5, 5.41) is 0. The molecule has 0 aromatic carbocycles. The lowest BCUT2D eigenvalue weighted by atomic mass is 10.1. The maximum atomic E-state index is 2.28. The van der Waals surface area contributed by atoms with E-state index in [4.69, 9.17) is 0 Å². The normalized spacial score (nSPS) is 10.6. The number of unbranched alkanes of at least 4 members (excludes halogenated alkanes) is 7. The van der Waals surface area contributed by atoms with Gasteiger partial charge in [-0.05, 0) is 12.2 Å². The smallest absolute Gasteiger partial charge is 0.0135 e. The summed E-state index contributed by atoms with van der Waals surface area (Å²) in [6.07, 6.45) is 11.5. The van der Waals surface area contributed by atoms with Crippen LogP contribution in [0.4, 0.5) is 0 Å². The molecule has 0 aliphatic rings. The Balaban J connectivity index is 2.76. The van der Waals surface area contributed by atoms with Crippen LogP contribution in [0, 0.1) is 5.75 Å². The van der Waals surface area contributed by atoms with Crippen LogP contribution in [0.2, 0.25) is 0 Å². The average molecular weight is 201 g/mol. The first kappa shape index (κ1) is 13.4. The van der Waals surface area contributed by atoms with Crippen molar-refractivity contribution in [1.29, 1.82) is 0 Å². The van der Waals surface area contributed by atoms with Crippen molar-refractivity contribution in [2.24, 2.45) is 0 Å². The van der Waals surface area contributed by atoms with Gasteiger partial charge in [-0.2, -0.15) is 11.8 Å². The Morgan fingerprint density at radius 3 is 1.92 bits per heavy atom. The first-order valence-electron chi connectivity index (χ1n) is 5.81. The molecule has 0 rings (SSSR count). The van der Waals surface area contributed by atoms with E-state index in [1.807, 2.05) is 11.8 Å². The van der Waals surface area contributed by atoms with E-state index in [1.165, 1.54) is 57.1 Å². The van der Waals surface area contributed by atoms with E-state index in [-0.39, 0.29) is 0 Å². The summed E-state index contributed by atoms with van der Waals surface area (Å²) in [5.41, 5.74) is 0. The van der Waals surface area contributed by atoms with Gasteiger partial charge >= 0.3 is 0 Å². The van der Waals surface area contributed by atoms with Gasteiger partial charge in [-0.25, -0.2) is 0 Å². The molecule has 79 valence electrons. The maximum Gasteiger partial charge on any atom is 0.0135 e. The summed E-state index contributed by atoms with van der Waals surface area (Å²) in [7, 11) is 0. The van der Waals surface area contributed by atoms with Crippen LogP contribution in [0.5, 0.6) is 0 Å². The SMILES string of the molecule is C[CH]SCCCCCCCCCC. The van der Waals surface area contributed by atoms with Crippen LogP contribution in [0.25, 0.3) is 0 Å². The molecule has 0 heterocycles. The van der Waals surface area contributed by atoms with Crippen LogP contribution in [0.3, 0.4) is 0 Å². The lowest BCUT2D eigenvalue weighted by Crippen LogP contribution is -1.82. The fourth-order valence-corrected chi connectivity index (χ4v) is 2.04. The van der Waals surface area contributed by atoms with Gasteiger partial charge in [0, 0.05) is 5.75 Å². The van der Waals surface area contributed by atoms with Crippen molar-refractivity contribution in [2.75, 3.05) is 5.75 Å². The first-order chi connectivity index (χ1) is 6.41. The molecule has 1 radical (unpaired) electrons. The molecule has 0 atom stereocenters. The molecule has 0 aliphatic heterocycles. The lowest BCUT2D eigenvalue weighted by Gasteiger charge is -2.00. The summed E-state index contributed by atoms with van der Waals surface area (Å²) in [6, 6.07) is 0. The molecule has 0 amide bonds. The topological polar surface area (TPSA) is 0 Å². The van der Waals surface area contributed by atoms with E-state index in [2.05, 4.69) is 19.6 Å². The molecule has 13 heavy (non-hydrogen) atoms. The van der Waals surface area contributed by atoms with Crippen LogP contribution in [0.15, 0.2) is 0 Å². The van der Waals surface area contributed by atoms with Crippen LogP contribution in [0.1, 0.15) is 65.2 Å². The van der Waals surface area contributed by atoms with E-state index in [0.29, 0.717) is 0 Å².